The molecule has 2 aromatic rings. The standard InChI is InChI=1S/C51H64N3O16PS/c1-5-34(6-2)72-39(24-44(61)62)47(64)52-26-42(58)54-37(16-17-43(59)60)46(63)53-32-9-7-8-29(21-32)20-28-10-12-30(13-11-28)48-69-41-23-36-35-15-14-31-22-33(55)18-19-49(31,3)45(35)38(56)25-50(36,4)51(41,70-48)40(57)27-68-71(65,66)67/h7-13,18-19,21-22,34-39,41,45,48,56H,5-6,14-17,20,23-27H2,1-4H3,(H,52,64)(H,53,63)(H,54,58)(H,59,60)(H,61,62)(H2,65,66,67)/t35-,36?,37-,38-,39?,41+,45+,48+,49-,50-,51+/m0/s1. The van der Waals surface area contributed by atoms with Crippen molar-refractivity contribution in [3.05, 3.63) is 89.0 Å². The number of benzene rings is 2. The Bertz CT molecular complexity index is 2550. The van der Waals surface area contributed by atoms with E-state index in [9.17, 15) is 63.2 Å². The van der Waals surface area contributed by atoms with Crippen LogP contribution in [0.5, 0.6) is 0 Å². The number of aliphatic hydroxyl groups is 1. The number of ether oxygens (including phenoxy) is 2. The van der Waals surface area contributed by atoms with Crippen LogP contribution >= 0.6 is 19.6 Å². The highest BCUT2D eigenvalue weighted by atomic mass is 32.2. The highest BCUT2D eigenvalue weighted by Gasteiger charge is 2.76. The molecular weight excluding hydrogens is 974 g/mol. The number of nitrogens with one attached hydrogen (secondary N) is 3. The summed E-state index contributed by atoms with van der Waals surface area (Å²) in [5, 5.41) is 37.6. The topological polar surface area (TPSA) is 301 Å². The molecule has 390 valence electrons. The molecule has 2 aromatic carbocycles. The summed E-state index contributed by atoms with van der Waals surface area (Å²) in [6.07, 6.45) is 4.75. The van der Waals surface area contributed by atoms with Crippen molar-refractivity contribution in [3.63, 3.8) is 0 Å². The first-order valence-electron chi connectivity index (χ1n) is 24.3. The molecule has 2 unspecified atom stereocenters. The summed E-state index contributed by atoms with van der Waals surface area (Å²) in [5.41, 5.74) is 0.171. The van der Waals surface area contributed by atoms with E-state index in [1.54, 1.807) is 42.5 Å². The maximum atomic E-state index is 14.5. The lowest BCUT2D eigenvalue weighted by atomic mass is 9.46. The molecule has 3 amide bonds. The number of amides is 3. The number of phosphoric ester groups is 1. The molecule has 4 fully saturated rings. The molecule has 4 aliphatic carbocycles. The minimum atomic E-state index is -5.06. The first-order valence-corrected chi connectivity index (χ1v) is 26.8. The number of anilines is 1. The second-order valence-electron chi connectivity index (χ2n) is 20.0. The number of hydrogen-bond donors (Lipinski definition) is 8. The quantitative estimate of drug-likeness (QED) is 0.0706. The van der Waals surface area contributed by atoms with Crippen molar-refractivity contribution >= 4 is 66.5 Å². The summed E-state index contributed by atoms with van der Waals surface area (Å²) in [5.74, 6) is -5.79. The fourth-order valence-electron chi connectivity index (χ4n) is 12.1. The zero-order chi connectivity index (χ0) is 52.3. The number of allylic oxidation sites excluding steroid dienone is 4. The number of phosphoric acid groups is 1. The van der Waals surface area contributed by atoms with Crippen LogP contribution in [0, 0.1) is 28.6 Å². The Morgan fingerprint density at radius 3 is 2.36 bits per heavy atom. The van der Waals surface area contributed by atoms with Crippen molar-refractivity contribution in [2.75, 3.05) is 18.5 Å². The molecule has 5 aliphatic rings. The summed E-state index contributed by atoms with van der Waals surface area (Å²) >= 11 is 1.22. The molecule has 8 N–H and O–H groups in total. The lowest BCUT2D eigenvalue weighted by Crippen LogP contribution is -2.63. The van der Waals surface area contributed by atoms with E-state index in [-0.39, 0.29) is 41.6 Å². The lowest BCUT2D eigenvalue weighted by molar-refractivity contribution is -0.200. The molecule has 1 saturated heterocycles. The van der Waals surface area contributed by atoms with E-state index in [1.807, 2.05) is 52.0 Å². The van der Waals surface area contributed by atoms with E-state index in [1.165, 1.54) is 11.8 Å². The Kier molecular flexibility index (Phi) is 16.9. The number of aliphatic carboxylic acids is 2. The molecule has 7 rings (SSSR count). The predicted molar refractivity (Wildman–Crippen MR) is 262 cm³/mol. The van der Waals surface area contributed by atoms with Crippen LogP contribution in [-0.4, -0.2) is 114 Å². The fraction of sp³-hybridized carbons (Fsp3) is 0.549. The molecule has 0 radical (unpaired) electrons. The van der Waals surface area contributed by atoms with E-state index in [4.69, 9.17) is 14.0 Å². The zero-order valence-corrected chi connectivity index (χ0v) is 42.3. The third kappa shape index (κ3) is 11.7. The van der Waals surface area contributed by atoms with Crippen LogP contribution in [0.1, 0.15) is 108 Å². The van der Waals surface area contributed by atoms with Gasteiger partial charge in [-0.25, -0.2) is 4.57 Å². The summed E-state index contributed by atoms with van der Waals surface area (Å²) < 4.78 is 30.0. The van der Waals surface area contributed by atoms with Crippen molar-refractivity contribution in [3.8, 4) is 0 Å². The maximum Gasteiger partial charge on any atom is 0.470 e. The first kappa shape index (κ1) is 54.7. The molecule has 21 heteroatoms. The van der Waals surface area contributed by atoms with E-state index < -0.39 is 115 Å². The van der Waals surface area contributed by atoms with Gasteiger partial charge >= 0.3 is 19.8 Å². The number of carboxylic acids is 2. The van der Waals surface area contributed by atoms with Crippen LogP contribution in [0.3, 0.4) is 0 Å². The number of Topliss-reactive ketones (excluding diaryl/α,β-unsaturated/α-hetero) is 1. The van der Waals surface area contributed by atoms with Crippen LogP contribution in [0.25, 0.3) is 0 Å². The molecular formula is C51H64N3O16PS. The summed E-state index contributed by atoms with van der Waals surface area (Å²) in [4.78, 5) is 108. The number of fused-ring (bicyclic) bond motifs is 7. The van der Waals surface area contributed by atoms with Crippen molar-refractivity contribution in [2.24, 2.45) is 28.6 Å². The monoisotopic (exact) mass is 1040 g/mol. The van der Waals surface area contributed by atoms with Crippen molar-refractivity contribution in [1.29, 1.82) is 0 Å². The Hall–Kier alpha value is -5.05. The van der Waals surface area contributed by atoms with Gasteiger partial charge in [0.15, 0.2) is 23.5 Å². The molecule has 72 heavy (non-hydrogen) atoms. The number of aliphatic hydroxyl groups excluding tert-OH is 1. The lowest BCUT2D eigenvalue weighted by Gasteiger charge is -2.59. The number of thioether (sulfide) groups is 1. The van der Waals surface area contributed by atoms with Crippen LogP contribution in [0.2, 0.25) is 0 Å². The fourth-order valence-corrected chi connectivity index (χ4v) is 13.7. The van der Waals surface area contributed by atoms with Crippen molar-refractivity contribution in [2.45, 2.75) is 133 Å². The second-order valence-corrected chi connectivity index (χ2v) is 22.7. The number of carbonyl (C=O) groups is 7. The van der Waals surface area contributed by atoms with Crippen LogP contribution in [0.4, 0.5) is 5.69 Å². The minimum absolute atomic E-state index is 0.0349. The molecule has 0 aromatic heterocycles. The normalized spacial score (nSPS) is 29.2. The van der Waals surface area contributed by atoms with Gasteiger partial charge in [-0.15, -0.1) is 11.8 Å². The van der Waals surface area contributed by atoms with Gasteiger partial charge in [0.05, 0.1) is 30.4 Å². The van der Waals surface area contributed by atoms with Gasteiger partial charge < -0.3 is 50.5 Å². The van der Waals surface area contributed by atoms with Crippen LogP contribution in [-0.2, 0) is 58.5 Å². The van der Waals surface area contributed by atoms with Gasteiger partial charge in [0.25, 0.3) is 0 Å². The highest BCUT2D eigenvalue weighted by molar-refractivity contribution is 8.01. The predicted octanol–water partition coefficient (Wildman–Crippen LogP) is 5.17. The largest absolute Gasteiger partial charge is 0.481 e. The van der Waals surface area contributed by atoms with Gasteiger partial charge in [-0.1, -0.05) is 75.7 Å². The van der Waals surface area contributed by atoms with E-state index >= 15 is 0 Å². The first-order chi connectivity index (χ1) is 34.0. The molecule has 11 atom stereocenters. The number of carbonyl (C=O) groups excluding carboxylic acids is 5. The zero-order valence-electron chi connectivity index (χ0n) is 40.6. The Labute approximate surface area is 421 Å². The Balaban J connectivity index is 1.02. The van der Waals surface area contributed by atoms with Crippen molar-refractivity contribution < 1.29 is 77.2 Å². The smallest absolute Gasteiger partial charge is 0.470 e. The molecule has 1 heterocycles. The van der Waals surface area contributed by atoms with E-state index in [0.29, 0.717) is 49.8 Å². The van der Waals surface area contributed by atoms with Gasteiger partial charge in [0.1, 0.15) is 12.6 Å². The Morgan fingerprint density at radius 1 is 0.972 bits per heavy atom. The number of rotatable bonds is 22. The minimum Gasteiger partial charge on any atom is -0.481 e. The molecule has 19 nitrogen and oxygen atoms in total. The number of carboxylic acid groups (broad SMARTS) is 2. The second kappa shape index (κ2) is 22.2. The van der Waals surface area contributed by atoms with Gasteiger partial charge in [0.2, 0.25) is 17.7 Å². The van der Waals surface area contributed by atoms with Gasteiger partial charge in [-0.2, -0.15) is 0 Å². The van der Waals surface area contributed by atoms with Gasteiger partial charge in [-0.3, -0.25) is 38.1 Å². The van der Waals surface area contributed by atoms with Crippen LogP contribution in [0.15, 0.2) is 72.3 Å². The van der Waals surface area contributed by atoms with Gasteiger partial charge in [0, 0.05) is 39.7 Å². The summed E-state index contributed by atoms with van der Waals surface area (Å²) in [6, 6.07) is 12.9. The highest BCUT2D eigenvalue weighted by Crippen LogP contribution is 2.70. The molecule has 1 aliphatic heterocycles. The SMILES string of the molecule is CCC(CC)SC(CC(=O)O)C(=O)NCC(=O)N[C@@H](CCC(=O)O)C(=O)Nc1cccc(Cc2ccc([C@@H]3O[C@@H]4CC5[C@@H]6CCC7=CC(=O)C=C[C@]7(C)[C@H]6[C@@H](O)C[C@]5(C)[C@]4(C(=O)COP(=O)(O)O)O3)cc2)c1. The Morgan fingerprint density at radius 2 is 1.69 bits per heavy atom. The number of ketones is 2. The van der Waals surface area contributed by atoms with Gasteiger partial charge in [-0.05, 0) is 98.6 Å². The molecule has 3 saturated carbocycles. The average molecular weight is 1040 g/mol. The third-order valence-corrected chi connectivity index (χ3v) is 17.7. The summed E-state index contributed by atoms with van der Waals surface area (Å²) in [7, 11) is -5.06. The van der Waals surface area contributed by atoms with E-state index in [0.717, 1.165) is 16.7 Å². The van der Waals surface area contributed by atoms with Crippen molar-refractivity contribution in [1.82, 2.24) is 10.6 Å². The third-order valence-electron chi connectivity index (χ3n) is 15.5. The maximum absolute atomic E-state index is 14.5. The number of hydrogen-bond acceptors (Lipinski definition) is 13. The average Bonchev–Trinajstić information content (AvgIpc) is 3.82. The molecule has 0 spiro atoms. The van der Waals surface area contributed by atoms with E-state index in [2.05, 4.69) is 16.0 Å². The summed E-state index contributed by atoms with van der Waals surface area (Å²) in [6.45, 7) is 6.27. The molecule has 0 bridgehead atoms. The van der Waals surface area contributed by atoms with Crippen LogP contribution < -0.4 is 16.0 Å².